The maximum atomic E-state index is 12.1. The van der Waals surface area contributed by atoms with E-state index in [0.29, 0.717) is 15.9 Å². The van der Waals surface area contributed by atoms with Crippen LogP contribution in [0.4, 0.5) is 0 Å². The van der Waals surface area contributed by atoms with Crippen LogP contribution >= 0.6 is 11.5 Å². The van der Waals surface area contributed by atoms with E-state index < -0.39 is 0 Å². The van der Waals surface area contributed by atoms with E-state index >= 15 is 0 Å². The highest BCUT2D eigenvalue weighted by atomic mass is 32.1. The summed E-state index contributed by atoms with van der Waals surface area (Å²) in [4.78, 5) is 16.3. The molecule has 6 nitrogen and oxygen atoms in total. The highest BCUT2D eigenvalue weighted by Crippen LogP contribution is 2.28. The van der Waals surface area contributed by atoms with E-state index in [0.717, 1.165) is 22.8 Å². The minimum Gasteiger partial charge on any atom is -0.497 e. The van der Waals surface area contributed by atoms with Crippen LogP contribution in [0.2, 0.25) is 0 Å². The zero-order valence-electron chi connectivity index (χ0n) is 10.7. The number of benzene rings is 1. The Bertz CT molecular complexity index is 807. The van der Waals surface area contributed by atoms with E-state index in [9.17, 15) is 4.79 Å². The molecule has 0 aliphatic rings. The van der Waals surface area contributed by atoms with Gasteiger partial charge in [0.1, 0.15) is 21.7 Å². The molecule has 0 fully saturated rings. The zero-order valence-corrected chi connectivity index (χ0v) is 11.5. The van der Waals surface area contributed by atoms with Crippen LogP contribution in [0.5, 0.6) is 5.75 Å². The SMILES string of the molecule is COc1ccc(-c2nsc3c(=O)n(C[NH])cnc23)cc1. The zero-order chi connectivity index (χ0) is 14.1. The van der Waals surface area contributed by atoms with Crippen molar-refractivity contribution in [3.8, 4) is 17.0 Å². The normalized spacial score (nSPS) is 10.9. The first-order valence-electron chi connectivity index (χ1n) is 5.88. The fourth-order valence-electron chi connectivity index (χ4n) is 1.91. The van der Waals surface area contributed by atoms with E-state index in [4.69, 9.17) is 10.5 Å². The second-order valence-electron chi connectivity index (χ2n) is 4.12. The largest absolute Gasteiger partial charge is 0.497 e. The van der Waals surface area contributed by atoms with Gasteiger partial charge in [0.25, 0.3) is 5.56 Å². The molecule has 7 heteroatoms. The predicted octanol–water partition coefficient (Wildman–Crippen LogP) is 1.77. The van der Waals surface area contributed by atoms with Gasteiger partial charge in [-0.1, -0.05) is 0 Å². The Morgan fingerprint density at radius 1 is 1.35 bits per heavy atom. The summed E-state index contributed by atoms with van der Waals surface area (Å²) in [5.74, 6) is 0.762. The molecule has 0 aliphatic heterocycles. The lowest BCUT2D eigenvalue weighted by Gasteiger charge is -2.02. The van der Waals surface area contributed by atoms with Gasteiger partial charge in [-0.25, -0.2) is 10.7 Å². The van der Waals surface area contributed by atoms with Gasteiger partial charge in [0, 0.05) is 5.56 Å². The van der Waals surface area contributed by atoms with Gasteiger partial charge in [0.05, 0.1) is 20.1 Å². The van der Waals surface area contributed by atoms with Crippen LogP contribution in [0.15, 0.2) is 35.4 Å². The minimum atomic E-state index is -0.220. The average Bonchev–Trinajstić information content (AvgIpc) is 2.92. The number of aromatic nitrogens is 3. The molecule has 0 bridgehead atoms. The highest BCUT2D eigenvalue weighted by Gasteiger charge is 2.13. The number of ether oxygens (including phenoxy) is 1. The molecule has 1 aromatic carbocycles. The number of nitrogens with one attached hydrogen (secondary N) is 1. The molecule has 101 valence electrons. The lowest BCUT2D eigenvalue weighted by Crippen LogP contribution is -2.20. The molecule has 0 unspecified atom stereocenters. The van der Waals surface area contributed by atoms with Gasteiger partial charge in [0.2, 0.25) is 0 Å². The predicted molar refractivity (Wildman–Crippen MR) is 76.8 cm³/mol. The second kappa shape index (κ2) is 5.03. The molecule has 0 aliphatic carbocycles. The monoisotopic (exact) mass is 287 g/mol. The second-order valence-corrected chi connectivity index (χ2v) is 4.89. The van der Waals surface area contributed by atoms with Crippen LogP contribution in [0, 0.1) is 0 Å². The van der Waals surface area contributed by atoms with Crippen LogP contribution in [0.3, 0.4) is 0 Å². The molecule has 0 saturated carbocycles. The molecule has 20 heavy (non-hydrogen) atoms. The van der Waals surface area contributed by atoms with Crippen molar-refractivity contribution in [2.45, 2.75) is 6.67 Å². The fourth-order valence-corrected chi connectivity index (χ4v) is 2.71. The Hall–Kier alpha value is -2.25. The summed E-state index contributed by atoms with van der Waals surface area (Å²) < 4.78 is 11.2. The lowest BCUT2D eigenvalue weighted by molar-refractivity contribution is 0.415. The summed E-state index contributed by atoms with van der Waals surface area (Å²) in [6.45, 7) is -0.141. The van der Waals surface area contributed by atoms with Crippen molar-refractivity contribution in [2.75, 3.05) is 7.11 Å². The van der Waals surface area contributed by atoms with Gasteiger partial charge in [-0.3, -0.25) is 9.36 Å². The Balaban J connectivity index is 2.17. The van der Waals surface area contributed by atoms with Gasteiger partial charge in [-0.05, 0) is 35.8 Å². The molecule has 3 aromatic rings. The van der Waals surface area contributed by atoms with Crippen molar-refractivity contribution in [3.05, 3.63) is 40.9 Å². The van der Waals surface area contributed by atoms with Crippen molar-refractivity contribution >= 4 is 21.7 Å². The van der Waals surface area contributed by atoms with Gasteiger partial charge in [-0.15, -0.1) is 0 Å². The van der Waals surface area contributed by atoms with Crippen LogP contribution < -0.4 is 16.0 Å². The smallest absolute Gasteiger partial charge is 0.274 e. The fraction of sp³-hybridized carbons (Fsp3) is 0.154. The number of nitrogens with zero attached hydrogens (tertiary/aromatic N) is 3. The molecule has 1 radical (unpaired) electrons. The van der Waals surface area contributed by atoms with Crippen molar-refractivity contribution in [3.63, 3.8) is 0 Å². The molecule has 2 aromatic heterocycles. The van der Waals surface area contributed by atoms with Crippen molar-refractivity contribution < 1.29 is 4.74 Å². The minimum absolute atomic E-state index is 0.141. The van der Waals surface area contributed by atoms with E-state index in [1.54, 1.807) is 7.11 Å². The van der Waals surface area contributed by atoms with Gasteiger partial charge >= 0.3 is 0 Å². The van der Waals surface area contributed by atoms with Crippen LogP contribution in [-0.4, -0.2) is 21.0 Å². The van der Waals surface area contributed by atoms with Crippen molar-refractivity contribution in [1.82, 2.24) is 19.7 Å². The van der Waals surface area contributed by atoms with Gasteiger partial charge < -0.3 is 4.74 Å². The standard InChI is InChI=1S/C13H11N4O2S/c1-19-9-4-2-8(3-5-9)10-11-12(20-16-10)13(18)17(6-14)7-15-11/h2-5,7,14H,6H2,1H3. The molecular formula is C13H11N4O2S. The summed E-state index contributed by atoms with van der Waals surface area (Å²) in [7, 11) is 1.61. The van der Waals surface area contributed by atoms with Crippen LogP contribution in [0.1, 0.15) is 0 Å². The van der Waals surface area contributed by atoms with E-state index in [1.807, 2.05) is 24.3 Å². The number of methoxy groups -OCH3 is 1. The van der Waals surface area contributed by atoms with Gasteiger partial charge in [0.15, 0.2) is 0 Å². The summed E-state index contributed by atoms with van der Waals surface area (Å²) in [6.07, 6.45) is 1.39. The Labute approximate surface area is 118 Å². The topological polar surface area (TPSA) is 80.8 Å². The first-order chi connectivity index (χ1) is 9.74. The van der Waals surface area contributed by atoms with Crippen LogP contribution in [0.25, 0.3) is 21.5 Å². The number of fused-ring (bicyclic) bond motifs is 1. The molecule has 0 saturated heterocycles. The summed E-state index contributed by atoms with van der Waals surface area (Å²) >= 11 is 1.11. The Morgan fingerprint density at radius 3 is 2.75 bits per heavy atom. The lowest BCUT2D eigenvalue weighted by atomic mass is 10.1. The third-order valence-corrected chi connectivity index (χ3v) is 3.81. The molecule has 0 spiro atoms. The number of rotatable bonds is 3. The maximum absolute atomic E-state index is 12.1. The molecule has 0 amide bonds. The number of hydrogen-bond donors (Lipinski definition) is 0. The highest BCUT2D eigenvalue weighted by molar-refractivity contribution is 7.13. The molecular weight excluding hydrogens is 276 g/mol. The Kier molecular flexibility index (Phi) is 3.21. The summed E-state index contributed by atoms with van der Waals surface area (Å²) in [6, 6.07) is 7.44. The Morgan fingerprint density at radius 2 is 2.10 bits per heavy atom. The quantitative estimate of drug-likeness (QED) is 0.735. The molecule has 0 atom stereocenters. The third-order valence-electron chi connectivity index (χ3n) is 2.98. The summed E-state index contributed by atoms with van der Waals surface area (Å²) in [5, 5.41) is 0. The summed E-state index contributed by atoms with van der Waals surface area (Å²) in [5.41, 5.74) is 9.19. The molecule has 1 N–H and O–H groups in total. The van der Waals surface area contributed by atoms with Crippen molar-refractivity contribution in [2.24, 2.45) is 0 Å². The average molecular weight is 287 g/mol. The van der Waals surface area contributed by atoms with Crippen LogP contribution in [-0.2, 0) is 6.67 Å². The third kappa shape index (κ3) is 1.97. The number of hydrogen-bond acceptors (Lipinski definition) is 5. The molecule has 3 rings (SSSR count). The van der Waals surface area contributed by atoms with E-state index in [-0.39, 0.29) is 12.2 Å². The first-order valence-corrected chi connectivity index (χ1v) is 6.65. The van der Waals surface area contributed by atoms with E-state index in [1.165, 1.54) is 10.9 Å². The molecule has 2 heterocycles. The first kappa shape index (κ1) is 12.8. The van der Waals surface area contributed by atoms with E-state index in [2.05, 4.69) is 9.36 Å². The van der Waals surface area contributed by atoms with Gasteiger partial charge in [-0.2, -0.15) is 4.37 Å². The van der Waals surface area contributed by atoms with Crippen molar-refractivity contribution in [1.29, 1.82) is 0 Å². The maximum Gasteiger partial charge on any atom is 0.274 e.